The number of hydrogen-bond donors (Lipinski definition) is 1. The van der Waals surface area contributed by atoms with Gasteiger partial charge in [-0.15, -0.1) is 0 Å². The van der Waals surface area contributed by atoms with E-state index in [9.17, 15) is 13.2 Å². The SMILES string of the molecule is Cc1cccc(-c2n[nH]c(=S)n2CC(=O)N2CCN(S(=O)(=O)c3ccc(Cl)cc3)CC2)c1. The van der Waals surface area contributed by atoms with Crippen molar-refractivity contribution >= 4 is 39.7 Å². The van der Waals surface area contributed by atoms with E-state index in [1.54, 1.807) is 21.6 Å². The molecular weight excluding hydrogens is 470 g/mol. The summed E-state index contributed by atoms with van der Waals surface area (Å²) < 4.78 is 29.1. The fraction of sp³-hybridized carbons (Fsp3) is 0.286. The number of amides is 1. The highest BCUT2D eigenvalue weighted by Gasteiger charge is 2.30. The number of nitrogens with one attached hydrogen (secondary N) is 1. The van der Waals surface area contributed by atoms with Crippen LogP contribution in [0.5, 0.6) is 0 Å². The molecule has 3 aromatic rings. The largest absolute Gasteiger partial charge is 0.338 e. The summed E-state index contributed by atoms with van der Waals surface area (Å²) in [6.07, 6.45) is 0. The van der Waals surface area contributed by atoms with Crippen molar-refractivity contribution in [3.05, 3.63) is 63.9 Å². The second kappa shape index (κ2) is 9.14. The molecule has 1 saturated heterocycles. The smallest absolute Gasteiger partial charge is 0.243 e. The van der Waals surface area contributed by atoms with Crippen LogP contribution in [0.15, 0.2) is 53.4 Å². The number of aromatic amines is 1. The molecule has 11 heteroatoms. The maximum absolute atomic E-state index is 13.0. The van der Waals surface area contributed by atoms with Crippen LogP contribution in [0.3, 0.4) is 0 Å². The maximum Gasteiger partial charge on any atom is 0.243 e. The summed E-state index contributed by atoms with van der Waals surface area (Å²) in [6, 6.07) is 13.9. The molecule has 1 aliphatic rings. The van der Waals surface area contributed by atoms with E-state index < -0.39 is 10.0 Å². The molecule has 0 radical (unpaired) electrons. The van der Waals surface area contributed by atoms with Gasteiger partial charge in [0, 0.05) is 36.8 Å². The Morgan fingerprint density at radius 3 is 2.47 bits per heavy atom. The van der Waals surface area contributed by atoms with E-state index in [0.717, 1.165) is 11.1 Å². The minimum absolute atomic E-state index is 0.0303. The van der Waals surface area contributed by atoms with Gasteiger partial charge in [0.1, 0.15) is 6.54 Å². The van der Waals surface area contributed by atoms with E-state index >= 15 is 0 Å². The normalized spacial score (nSPS) is 15.1. The predicted molar refractivity (Wildman–Crippen MR) is 124 cm³/mol. The zero-order valence-corrected chi connectivity index (χ0v) is 19.8. The first-order valence-electron chi connectivity index (χ1n) is 10.0. The first-order valence-corrected chi connectivity index (χ1v) is 12.2. The Balaban J connectivity index is 1.44. The first kappa shape index (κ1) is 22.7. The van der Waals surface area contributed by atoms with Crippen molar-refractivity contribution in [3.8, 4) is 11.4 Å². The number of carbonyl (C=O) groups excluding carboxylic acids is 1. The van der Waals surface area contributed by atoms with Gasteiger partial charge in [-0.25, -0.2) is 8.42 Å². The van der Waals surface area contributed by atoms with Gasteiger partial charge < -0.3 is 4.90 Å². The first-order chi connectivity index (χ1) is 15.3. The van der Waals surface area contributed by atoms with E-state index in [0.29, 0.717) is 28.7 Å². The lowest BCUT2D eigenvalue weighted by Crippen LogP contribution is -2.51. The third-order valence-corrected chi connectivity index (χ3v) is 7.85. The fourth-order valence-corrected chi connectivity index (χ4v) is 5.38. The topological polar surface area (TPSA) is 91.3 Å². The van der Waals surface area contributed by atoms with Crippen molar-refractivity contribution < 1.29 is 13.2 Å². The summed E-state index contributed by atoms with van der Waals surface area (Å²) in [7, 11) is -3.63. The number of sulfonamides is 1. The Morgan fingerprint density at radius 1 is 1.12 bits per heavy atom. The number of rotatable bonds is 5. The van der Waals surface area contributed by atoms with Crippen LogP contribution in [0.25, 0.3) is 11.4 Å². The van der Waals surface area contributed by atoms with Gasteiger partial charge in [-0.3, -0.25) is 14.5 Å². The number of aryl methyl sites for hydroxylation is 1. The second-order valence-electron chi connectivity index (χ2n) is 7.55. The van der Waals surface area contributed by atoms with Crippen LogP contribution < -0.4 is 0 Å². The van der Waals surface area contributed by atoms with Gasteiger partial charge in [-0.2, -0.15) is 9.40 Å². The monoisotopic (exact) mass is 491 g/mol. The molecule has 1 N–H and O–H groups in total. The standard InChI is InChI=1S/C21H22ClN5O3S2/c1-15-3-2-4-16(13-15)20-23-24-21(31)27(20)14-19(28)25-9-11-26(12-10-25)32(29,30)18-7-5-17(22)6-8-18/h2-8,13H,9-12,14H2,1H3,(H,24,31). The van der Waals surface area contributed by atoms with Crippen LogP contribution in [-0.4, -0.2) is 64.5 Å². The average molecular weight is 492 g/mol. The van der Waals surface area contributed by atoms with E-state index in [2.05, 4.69) is 10.2 Å². The molecule has 0 aliphatic carbocycles. The third kappa shape index (κ3) is 4.63. The van der Waals surface area contributed by atoms with Gasteiger partial charge in [0.15, 0.2) is 10.6 Å². The second-order valence-corrected chi connectivity index (χ2v) is 10.3. The van der Waals surface area contributed by atoms with Gasteiger partial charge in [0.25, 0.3) is 0 Å². The van der Waals surface area contributed by atoms with Crippen molar-refractivity contribution in [2.24, 2.45) is 0 Å². The number of aromatic nitrogens is 3. The zero-order chi connectivity index (χ0) is 22.9. The quantitative estimate of drug-likeness (QED) is 0.554. The lowest BCUT2D eigenvalue weighted by Gasteiger charge is -2.34. The Morgan fingerprint density at radius 2 is 1.81 bits per heavy atom. The predicted octanol–water partition coefficient (Wildman–Crippen LogP) is 3.10. The summed E-state index contributed by atoms with van der Waals surface area (Å²) in [5.74, 6) is 0.455. The van der Waals surface area contributed by atoms with Gasteiger partial charge in [-0.05, 0) is 49.5 Å². The van der Waals surface area contributed by atoms with Crippen LogP contribution >= 0.6 is 23.8 Å². The van der Waals surface area contributed by atoms with Crippen molar-refractivity contribution in [2.75, 3.05) is 26.2 Å². The van der Waals surface area contributed by atoms with Gasteiger partial charge in [0.05, 0.1) is 4.90 Å². The molecule has 4 rings (SSSR count). The van der Waals surface area contributed by atoms with E-state index in [1.807, 2.05) is 31.2 Å². The minimum atomic E-state index is -3.63. The average Bonchev–Trinajstić information content (AvgIpc) is 3.14. The highest BCUT2D eigenvalue weighted by molar-refractivity contribution is 7.89. The molecule has 0 bridgehead atoms. The molecule has 2 aromatic carbocycles. The molecule has 0 saturated carbocycles. The molecule has 0 spiro atoms. The number of H-pyrrole nitrogens is 1. The summed E-state index contributed by atoms with van der Waals surface area (Å²) in [5, 5.41) is 7.52. The molecule has 1 fully saturated rings. The summed E-state index contributed by atoms with van der Waals surface area (Å²) in [5.41, 5.74) is 1.94. The number of benzene rings is 2. The van der Waals surface area contributed by atoms with E-state index in [4.69, 9.17) is 23.8 Å². The molecule has 0 unspecified atom stereocenters. The van der Waals surface area contributed by atoms with Crippen LogP contribution in [0.4, 0.5) is 0 Å². The molecule has 1 aromatic heterocycles. The highest BCUT2D eigenvalue weighted by Crippen LogP contribution is 2.21. The van der Waals surface area contributed by atoms with Crippen molar-refractivity contribution in [1.29, 1.82) is 0 Å². The Kier molecular flexibility index (Phi) is 6.47. The Bertz CT molecular complexity index is 1290. The van der Waals surface area contributed by atoms with Crippen LogP contribution in [0.1, 0.15) is 5.56 Å². The molecule has 0 atom stereocenters. The van der Waals surface area contributed by atoms with Gasteiger partial charge in [0.2, 0.25) is 15.9 Å². The molecule has 8 nitrogen and oxygen atoms in total. The Hall–Kier alpha value is -2.53. The number of halogens is 1. The number of nitrogens with zero attached hydrogens (tertiary/aromatic N) is 4. The summed E-state index contributed by atoms with van der Waals surface area (Å²) in [6.45, 7) is 3.06. The van der Waals surface area contributed by atoms with E-state index in [1.165, 1.54) is 16.4 Å². The summed E-state index contributed by atoms with van der Waals surface area (Å²) in [4.78, 5) is 14.8. The van der Waals surface area contributed by atoms with Gasteiger partial charge in [-0.1, -0.05) is 35.4 Å². The number of piperazine rings is 1. The molecule has 2 heterocycles. The fourth-order valence-electron chi connectivity index (χ4n) is 3.64. The van der Waals surface area contributed by atoms with Crippen LogP contribution in [-0.2, 0) is 21.4 Å². The number of hydrogen-bond acceptors (Lipinski definition) is 5. The van der Waals surface area contributed by atoms with Crippen molar-refractivity contribution in [1.82, 2.24) is 24.0 Å². The zero-order valence-electron chi connectivity index (χ0n) is 17.4. The molecular formula is C21H22ClN5O3S2. The molecule has 1 amide bonds. The lowest BCUT2D eigenvalue weighted by molar-refractivity contribution is -0.133. The molecule has 1 aliphatic heterocycles. The van der Waals surface area contributed by atoms with Gasteiger partial charge >= 0.3 is 0 Å². The van der Waals surface area contributed by atoms with E-state index in [-0.39, 0.29) is 30.4 Å². The summed E-state index contributed by atoms with van der Waals surface area (Å²) >= 11 is 11.2. The molecule has 168 valence electrons. The van der Waals surface area contributed by atoms with Crippen molar-refractivity contribution in [3.63, 3.8) is 0 Å². The third-order valence-electron chi connectivity index (χ3n) is 5.37. The highest BCUT2D eigenvalue weighted by atomic mass is 35.5. The minimum Gasteiger partial charge on any atom is -0.338 e. The van der Waals surface area contributed by atoms with Crippen molar-refractivity contribution in [2.45, 2.75) is 18.4 Å². The van der Waals surface area contributed by atoms with Crippen LogP contribution in [0, 0.1) is 11.7 Å². The number of carbonyl (C=O) groups is 1. The Labute approximate surface area is 196 Å². The lowest BCUT2D eigenvalue weighted by atomic mass is 10.1. The maximum atomic E-state index is 13.0. The van der Waals surface area contributed by atoms with Crippen LogP contribution in [0.2, 0.25) is 5.02 Å². The molecule has 32 heavy (non-hydrogen) atoms.